The van der Waals surface area contributed by atoms with Crippen molar-refractivity contribution in [1.82, 2.24) is 0 Å². The second kappa shape index (κ2) is 8.71. The molecular weight excluding hydrogens is 420 g/mol. The van der Waals surface area contributed by atoms with E-state index in [1.54, 1.807) is 61.5 Å². The van der Waals surface area contributed by atoms with Crippen LogP contribution in [-0.4, -0.2) is 26.0 Å². The molecule has 0 fully saturated rings. The van der Waals surface area contributed by atoms with Crippen molar-refractivity contribution in [2.45, 2.75) is 0 Å². The molecule has 0 spiro atoms. The Morgan fingerprint density at radius 2 is 1.57 bits per heavy atom. The highest BCUT2D eigenvalue weighted by atomic mass is 79.9. The van der Waals surface area contributed by atoms with Gasteiger partial charge in [0.05, 0.1) is 11.6 Å². The summed E-state index contributed by atoms with van der Waals surface area (Å²) in [5, 5.41) is 2.82. The Hall–Kier alpha value is -3.12. The number of nitrogens with one attached hydrogen (secondary N) is 1. The maximum Gasteiger partial charge on any atom is 0.258 e. The lowest BCUT2D eigenvalue weighted by atomic mass is 10.1. The smallest absolute Gasteiger partial charge is 0.258 e. The zero-order valence-corrected chi connectivity index (χ0v) is 17.1. The maximum absolute atomic E-state index is 12.6. The van der Waals surface area contributed by atoms with Crippen molar-refractivity contribution in [3.8, 4) is 5.75 Å². The summed E-state index contributed by atoms with van der Waals surface area (Å²) in [6.45, 7) is 0. The summed E-state index contributed by atoms with van der Waals surface area (Å²) < 4.78 is 5.87. The first-order valence-corrected chi connectivity index (χ1v) is 9.37. The zero-order chi connectivity index (χ0) is 20.1. The van der Waals surface area contributed by atoms with E-state index in [9.17, 15) is 9.59 Å². The van der Waals surface area contributed by atoms with Crippen LogP contribution in [0.5, 0.6) is 5.75 Å². The fourth-order valence-electron chi connectivity index (χ4n) is 2.67. The molecule has 0 aromatic heterocycles. The van der Waals surface area contributed by atoms with Crippen molar-refractivity contribution in [3.63, 3.8) is 0 Å². The molecule has 0 heterocycles. The van der Waals surface area contributed by atoms with Crippen LogP contribution >= 0.6 is 15.9 Å². The molecule has 0 saturated heterocycles. The second-order valence-corrected chi connectivity index (χ2v) is 6.93. The van der Waals surface area contributed by atoms with Crippen LogP contribution < -0.4 is 15.0 Å². The number of hydrogen-bond acceptors (Lipinski definition) is 3. The highest BCUT2D eigenvalue weighted by Crippen LogP contribution is 2.26. The van der Waals surface area contributed by atoms with Crippen molar-refractivity contribution in [2.24, 2.45) is 0 Å². The molecule has 0 bridgehead atoms. The summed E-state index contributed by atoms with van der Waals surface area (Å²) in [6, 6.07) is 21.3. The maximum atomic E-state index is 12.6. The minimum absolute atomic E-state index is 0.122. The number of para-hydroxylation sites is 1. The molecule has 0 aliphatic carbocycles. The SMILES string of the molecule is COc1ccc(C(=O)Nc2ccc(C(=O)N(C)c3ccccc3)cc2)cc1Br. The number of anilines is 2. The van der Waals surface area contributed by atoms with E-state index >= 15 is 0 Å². The van der Waals surface area contributed by atoms with Crippen LogP contribution in [0.25, 0.3) is 0 Å². The van der Waals surface area contributed by atoms with E-state index in [0.717, 1.165) is 5.69 Å². The Bertz CT molecular complexity index is 988. The molecule has 3 rings (SSSR count). The van der Waals surface area contributed by atoms with Crippen LogP contribution in [0.3, 0.4) is 0 Å². The Morgan fingerprint density at radius 1 is 0.929 bits per heavy atom. The fraction of sp³-hybridized carbons (Fsp3) is 0.0909. The molecule has 0 unspecified atom stereocenters. The number of carbonyl (C=O) groups excluding carboxylic acids is 2. The molecule has 6 heteroatoms. The van der Waals surface area contributed by atoms with Crippen LogP contribution in [-0.2, 0) is 0 Å². The van der Waals surface area contributed by atoms with E-state index in [0.29, 0.717) is 27.0 Å². The molecular formula is C22H19BrN2O3. The molecule has 2 amide bonds. The first-order chi connectivity index (χ1) is 13.5. The van der Waals surface area contributed by atoms with Crippen molar-refractivity contribution in [1.29, 1.82) is 0 Å². The van der Waals surface area contributed by atoms with Crippen LogP contribution in [0, 0.1) is 0 Å². The van der Waals surface area contributed by atoms with Crippen molar-refractivity contribution < 1.29 is 14.3 Å². The summed E-state index contributed by atoms with van der Waals surface area (Å²) in [7, 11) is 3.30. The number of nitrogens with zero attached hydrogens (tertiary/aromatic N) is 1. The summed E-state index contributed by atoms with van der Waals surface area (Å²) in [6.07, 6.45) is 0. The van der Waals surface area contributed by atoms with Crippen LogP contribution in [0.15, 0.2) is 77.3 Å². The molecule has 0 aliphatic rings. The third-order valence-corrected chi connectivity index (χ3v) is 4.87. The Kier molecular flexibility index (Phi) is 6.11. The standard InChI is InChI=1S/C22H19BrN2O3/c1-25(18-6-4-3-5-7-18)22(27)15-8-11-17(12-9-15)24-21(26)16-10-13-20(28-2)19(23)14-16/h3-14H,1-2H3,(H,24,26). The number of methoxy groups -OCH3 is 1. The van der Waals surface area contributed by atoms with E-state index in [1.165, 1.54) is 0 Å². The molecule has 0 radical (unpaired) electrons. The second-order valence-electron chi connectivity index (χ2n) is 6.08. The lowest BCUT2D eigenvalue weighted by Gasteiger charge is -2.17. The molecule has 3 aromatic rings. The minimum Gasteiger partial charge on any atom is -0.496 e. The minimum atomic E-state index is -0.246. The summed E-state index contributed by atoms with van der Waals surface area (Å²) in [5.41, 5.74) is 2.46. The van der Waals surface area contributed by atoms with Gasteiger partial charge in [0.25, 0.3) is 11.8 Å². The third-order valence-electron chi connectivity index (χ3n) is 4.25. The molecule has 142 valence electrons. The third kappa shape index (κ3) is 4.40. The molecule has 5 nitrogen and oxygen atoms in total. The predicted octanol–water partition coefficient (Wildman–Crippen LogP) is 4.99. The Morgan fingerprint density at radius 3 is 2.18 bits per heavy atom. The molecule has 3 aromatic carbocycles. The average Bonchev–Trinajstić information content (AvgIpc) is 2.73. The summed E-state index contributed by atoms with van der Waals surface area (Å²) in [4.78, 5) is 26.6. The molecule has 28 heavy (non-hydrogen) atoms. The van der Waals surface area contributed by atoms with E-state index < -0.39 is 0 Å². The largest absolute Gasteiger partial charge is 0.496 e. The number of halogens is 1. The van der Waals surface area contributed by atoms with Crippen LogP contribution in [0.1, 0.15) is 20.7 Å². The summed E-state index contributed by atoms with van der Waals surface area (Å²) in [5.74, 6) is 0.286. The average molecular weight is 439 g/mol. The lowest BCUT2D eigenvalue weighted by molar-refractivity contribution is 0.0991. The zero-order valence-electron chi connectivity index (χ0n) is 15.5. The number of carbonyl (C=O) groups is 2. The number of amides is 2. The van der Waals surface area contributed by atoms with E-state index in [2.05, 4.69) is 21.2 Å². The van der Waals surface area contributed by atoms with Gasteiger partial charge < -0.3 is 15.0 Å². The van der Waals surface area contributed by atoms with Crippen LogP contribution in [0.4, 0.5) is 11.4 Å². The van der Waals surface area contributed by atoms with Crippen molar-refractivity contribution >= 4 is 39.1 Å². The van der Waals surface area contributed by atoms with E-state index in [1.807, 2.05) is 30.3 Å². The van der Waals surface area contributed by atoms with Gasteiger partial charge >= 0.3 is 0 Å². The van der Waals surface area contributed by atoms with E-state index in [-0.39, 0.29) is 11.8 Å². The van der Waals surface area contributed by atoms with Gasteiger partial charge in [0, 0.05) is 29.5 Å². The van der Waals surface area contributed by atoms with Crippen LogP contribution in [0.2, 0.25) is 0 Å². The van der Waals surface area contributed by atoms with Gasteiger partial charge in [-0.15, -0.1) is 0 Å². The first-order valence-electron chi connectivity index (χ1n) is 8.57. The fourth-order valence-corrected chi connectivity index (χ4v) is 3.21. The van der Waals surface area contributed by atoms with Gasteiger partial charge in [0.1, 0.15) is 5.75 Å². The van der Waals surface area contributed by atoms with Gasteiger partial charge in [-0.2, -0.15) is 0 Å². The lowest BCUT2D eigenvalue weighted by Crippen LogP contribution is -2.26. The number of ether oxygens (including phenoxy) is 1. The highest BCUT2D eigenvalue weighted by molar-refractivity contribution is 9.10. The number of rotatable bonds is 5. The topological polar surface area (TPSA) is 58.6 Å². The molecule has 1 N–H and O–H groups in total. The van der Waals surface area contributed by atoms with Crippen molar-refractivity contribution in [3.05, 3.63) is 88.4 Å². The predicted molar refractivity (Wildman–Crippen MR) is 114 cm³/mol. The van der Waals surface area contributed by atoms with E-state index in [4.69, 9.17) is 4.74 Å². The normalized spacial score (nSPS) is 10.2. The number of hydrogen-bond donors (Lipinski definition) is 1. The van der Waals surface area contributed by atoms with Gasteiger partial charge in [0.15, 0.2) is 0 Å². The Labute approximate surface area is 172 Å². The molecule has 0 aliphatic heterocycles. The van der Waals surface area contributed by atoms with Gasteiger partial charge in [-0.1, -0.05) is 18.2 Å². The summed E-state index contributed by atoms with van der Waals surface area (Å²) >= 11 is 3.37. The quantitative estimate of drug-likeness (QED) is 0.610. The monoisotopic (exact) mass is 438 g/mol. The van der Waals surface area contributed by atoms with Crippen molar-refractivity contribution in [2.75, 3.05) is 24.4 Å². The Balaban J connectivity index is 1.69. The van der Waals surface area contributed by atoms with Gasteiger partial charge in [-0.3, -0.25) is 9.59 Å². The number of benzene rings is 3. The first kappa shape index (κ1) is 19.6. The van der Waals surface area contributed by atoms with Gasteiger partial charge in [0.2, 0.25) is 0 Å². The highest BCUT2D eigenvalue weighted by Gasteiger charge is 2.14. The van der Waals surface area contributed by atoms with Gasteiger partial charge in [-0.25, -0.2) is 0 Å². The van der Waals surface area contributed by atoms with Gasteiger partial charge in [-0.05, 0) is 70.5 Å². The molecule has 0 saturated carbocycles. The molecule has 0 atom stereocenters.